The molecule has 0 aromatic heterocycles. The number of halogens is 1. The Bertz CT molecular complexity index is 357. The summed E-state index contributed by atoms with van der Waals surface area (Å²) in [6.45, 7) is 2.99. The van der Waals surface area contributed by atoms with Crippen molar-refractivity contribution in [1.29, 1.82) is 0 Å². The molecule has 1 aromatic carbocycles. The van der Waals surface area contributed by atoms with E-state index in [0.717, 1.165) is 0 Å². The van der Waals surface area contributed by atoms with Gasteiger partial charge in [0.2, 0.25) is 5.67 Å². The molecule has 0 aliphatic heterocycles. The van der Waals surface area contributed by atoms with Gasteiger partial charge in [-0.1, -0.05) is 12.1 Å². The maximum Gasteiger partial charge on any atom is 0.348 e. The quantitative estimate of drug-likeness (QED) is 0.740. The first kappa shape index (κ1) is 12.5. The molecule has 0 bridgehead atoms. The topological polar surface area (TPSA) is 35.5 Å². The van der Waals surface area contributed by atoms with Crippen molar-refractivity contribution >= 4 is 5.97 Å². The van der Waals surface area contributed by atoms with Gasteiger partial charge < -0.3 is 9.47 Å². The second-order valence-corrected chi connectivity index (χ2v) is 3.45. The summed E-state index contributed by atoms with van der Waals surface area (Å²) in [6.07, 6.45) is 0. The van der Waals surface area contributed by atoms with Crippen LogP contribution < -0.4 is 4.74 Å². The van der Waals surface area contributed by atoms with E-state index in [4.69, 9.17) is 4.74 Å². The van der Waals surface area contributed by atoms with Crippen LogP contribution in [0.15, 0.2) is 24.3 Å². The lowest BCUT2D eigenvalue weighted by Gasteiger charge is -2.18. The SMILES string of the molecule is CCOC(=O)C(C)(F)c1ccc(OC)cc1. The Hall–Kier alpha value is -1.58. The van der Waals surface area contributed by atoms with Crippen LogP contribution in [-0.4, -0.2) is 19.7 Å². The number of ether oxygens (including phenoxy) is 2. The minimum atomic E-state index is -2.12. The first-order valence-corrected chi connectivity index (χ1v) is 5.03. The first-order valence-electron chi connectivity index (χ1n) is 5.03. The summed E-state index contributed by atoms with van der Waals surface area (Å²) in [5.41, 5.74) is -1.87. The molecule has 0 aliphatic carbocycles. The number of alkyl halides is 1. The van der Waals surface area contributed by atoms with Crippen molar-refractivity contribution in [3.8, 4) is 5.75 Å². The molecule has 1 aromatic rings. The van der Waals surface area contributed by atoms with Crippen LogP contribution in [0.3, 0.4) is 0 Å². The Morgan fingerprint density at radius 3 is 2.38 bits per heavy atom. The highest BCUT2D eigenvalue weighted by atomic mass is 19.1. The van der Waals surface area contributed by atoms with Crippen molar-refractivity contribution in [2.24, 2.45) is 0 Å². The summed E-state index contributed by atoms with van der Waals surface area (Å²) >= 11 is 0. The average molecular weight is 226 g/mol. The number of esters is 1. The Morgan fingerprint density at radius 2 is 1.94 bits per heavy atom. The van der Waals surface area contributed by atoms with Crippen LogP contribution >= 0.6 is 0 Å². The van der Waals surface area contributed by atoms with E-state index in [1.54, 1.807) is 19.1 Å². The molecule has 0 saturated carbocycles. The van der Waals surface area contributed by atoms with Gasteiger partial charge in [0.25, 0.3) is 0 Å². The highest BCUT2D eigenvalue weighted by molar-refractivity contribution is 5.80. The van der Waals surface area contributed by atoms with Gasteiger partial charge in [-0.25, -0.2) is 9.18 Å². The molecule has 88 valence electrons. The Labute approximate surface area is 94.2 Å². The fourth-order valence-electron chi connectivity index (χ4n) is 1.29. The van der Waals surface area contributed by atoms with Crippen molar-refractivity contribution in [2.45, 2.75) is 19.5 Å². The third-order valence-electron chi connectivity index (χ3n) is 2.29. The van der Waals surface area contributed by atoms with E-state index < -0.39 is 11.6 Å². The van der Waals surface area contributed by atoms with Gasteiger partial charge in [-0.15, -0.1) is 0 Å². The van der Waals surface area contributed by atoms with Crippen LogP contribution in [0.25, 0.3) is 0 Å². The molecule has 0 saturated heterocycles. The van der Waals surface area contributed by atoms with E-state index in [9.17, 15) is 9.18 Å². The molecule has 0 N–H and O–H groups in total. The second-order valence-electron chi connectivity index (χ2n) is 3.45. The van der Waals surface area contributed by atoms with Crippen molar-refractivity contribution in [2.75, 3.05) is 13.7 Å². The lowest BCUT2D eigenvalue weighted by Crippen LogP contribution is -2.29. The van der Waals surface area contributed by atoms with E-state index >= 15 is 0 Å². The van der Waals surface area contributed by atoms with Crippen molar-refractivity contribution in [3.63, 3.8) is 0 Å². The standard InChI is InChI=1S/C12H15FO3/c1-4-16-11(14)12(2,13)9-5-7-10(15-3)8-6-9/h5-8H,4H2,1-3H3. The Kier molecular flexibility index (Phi) is 3.88. The van der Waals surface area contributed by atoms with Crippen molar-refractivity contribution in [3.05, 3.63) is 29.8 Å². The summed E-state index contributed by atoms with van der Waals surface area (Å²) in [6, 6.07) is 6.23. The summed E-state index contributed by atoms with van der Waals surface area (Å²) in [4.78, 5) is 11.4. The molecule has 3 nitrogen and oxygen atoms in total. The summed E-state index contributed by atoms with van der Waals surface area (Å²) in [5.74, 6) is -0.261. The largest absolute Gasteiger partial charge is 0.497 e. The molecule has 1 atom stereocenters. The van der Waals surface area contributed by atoms with Crippen LogP contribution in [0.4, 0.5) is 4.39 Å². The van der Waals surface area contributed by atoms with Crippen LogP contribution in [0.2, 0.25) is 0 Å². The number of carbonyl (C=O) groups excluding carboxylic acids is 1. The predicted octanol–water partition coefficient (Wildman–Crippen LogP) is 2.44. The summed E-state index contributed by atoms with van der Waals surface area (Å²) in [5, 5.41) is 0. The monoisotopic (exact) mass is 226 g/mol. The minimum Gasteiger partial charge on any atom is -0.497 e. The zero-order valence-corrected chi connectivity index (χ0v) is 9.62. The fraction of sp³-hybridized carbons (Fsp3) is 0.417. The maximum atomic E-state index is 14.1. The zero-order chi connectivity index (χ0) is 12.2. The third-order valence-corrected chi connectivity index (χ3v) is 2.29. The lowest BCUT2D eigenvalue weighted by atomic mass is 9.98. The number of hydrogen-bond acceptors (Lipinski definition) is 3. The van der Waals surface area contributed by atoms with Crippen molar-refractivity contribution in [1.82, 2.24) is 0 Å². The second kappa shape index (κ2) is 4.96. The number of methoxy groups -OCH3 is 1. The maximum absolute atomic E-state index is 14.1. The van der Waals surface area contributed by atoms with E-state index in [0.29, 0.717) is 5.75 Å². The molecule has 0 heterocycles. The minimum absolute atomic E-state index is 0.161. The van der Waals surface area contributed by atoms with Crippen LogP contribution in [0, 0.1) is 0 Å². The number of rotatable bonds is 4. The third kappa shape index (κ3) is 2.51. The van der Waals surface area contributed by atoms with Gasteiger partial charge in [0.05, 0.1) is 13.7 Å². The molecule has 0 aliphatic rings. The first-order chi connectivity index (χ1) is 7.52. The average Bonchev–Trinajstić information content (AvgIpc) is 2.29. The molecule has 1 unspecified atom stereocenters. The molecule has 0 fully saturated rings. The van der Waals surface area contributed by atoms with Gasteiger partial charge in [-0.05, 0) is 26.0 Å². The number of hydrogen-bond donors (Lipinski definition) is 0. The number of carbonyl (C=O) groups is 1. The summed E-state index contributed by atoms with van der Waals surface area (Å²) in [7, 11) is 1.52. The van der Waals surface area contributed by atoms with Gasteiger partial charge in [0.1, 0.15) is 5.75 Å². The van der Waals surface area contributed by atoms with E-state index in [1.165, 1.54) is 26.2 Å². The Morgan fingerprint density at radius 1 is 1.38 bits per heavy atom. The molecular formula is C12H15FO3. The van der Waals surface area contributed by atoms with Crippen molar-refractivity contribution < 1.29 is 18.7 Å². The smallest absolute Gasteiger partial charge is 0.348 e. The molecule has 0 radical (unpaired) electrons. The number of benzene rings is 1. The molecule has 0 spiro atoms. The molecule has 4 heteroatoms. The molecule has 16 heavy (non-hydrogen) atoms. The van der Waals surface area contributed by atoms with Gasteiger partial charge >= 0.3 is 5.97 Å². The molecule has 1 rings (SSSR count). The lowest BCUT2D eigenvalue weighted by molar-refractivity contribution is -0.156. The van der Waals surface area contributed by atoms with Gasteiger partial charge in [0.15, 0.2) is 0 Å². The van der Waals surface area contributed by atoms with E-state index in [1.807, 2.05) is 0 Å². The Balaban J connectivity index is 2.93. The highest BCUT2D eigenvalue weighted by Gasteiger charge is 2.36. The van der Waals surface area contributed by atoms with E-state index in [2.05, 4.69) is 4.74 Å². The van der Waals surface area contributed by atoms with Gasteiger partial charge in [0, 0.05) is 5.56 Å². The van der Waals surface area contributed by atoms with Crippen LogP contribution in [0.5, 0.6) is 5.75 Å². The summed E-state index contributed by atoms with van der Waals surface area (Å²) < 4.78 is 23.7. The van der Waals surface area contributed by atoms with E-state index in [-0.39, 0.29) is 12.2 Å². The molecular weight excluding hydrogens is 211 g/mol. The normalized spacial score (nSPS) is 14.0. The van der Waals surface area contributed by atoms with Crippen LogP contribution in [-0.2, 0) is 15.2 Å². The fourth-order valence-corrected chi connectivity index (χ4v) is 1.29. The predicted molar refractivity (Wildman–Crippen MR) is 58.1 cm³/mol. The van der Waals surface area contributed by atoms with Gasteiger partial charge in [-0.3, -0.25) is 0 Å². The zero-order valence-electron chi connectivity index (χ0n) is 9.62. The van der Waals surface area contributed by atoms with Gasteiger partial charge in [-0.2, -0.15) is 0 Å². The van der Waals surface area contributed by atoms with Crippen LogP contribution in [0.1, 0.15) is 19.4 Å². The highest BCUT2D eigenvalue weighted by Crippen LogP contribution is 2.28. The molecule has 0 amide bonds.